The SMILES string of the molecule is COC(=O)CC(NC(=O)c1cc(-c2cccc(F)c2)ccc1O)c1ccc(-c2ccccc2)cc1. The summed E-state index contributed by atoms with van der Waals surface area (Å²) < 4.78 is 18.5. The van der Waals surface area contributed by atoms with Crippen molar-refractivity contribution in [2.24, 2.45) is 0 Å². The van der Waals surface area contributed by atoms with Gasteiger partial charge in [0.05, 0.1) is 25.1 Å². The topological polar surface area (TPSA) is 75.6 Å². The normalized spacial score (nSPS) is 11.5. The van der Waals surface area contributed by atoms with Crippen molar-refractivity contribution in [3.8, 4) is 28.0 Å². The highest BCUT2D eigenvalue weighted by atomic mass is 19.1. The third kappa shape index (κ3) is 5.73. The highest BCUT2D eigenvalue weighted by Gasteiger charge is 2.22. The van der Waals surface area contributed by atoms with Crippen LogP contribution in [0.5, 0.6) is 5.75 Å². The Labute approximate surface area is 202 Å². The van der Waals surface area contributed by atoms with Crippen molar-refractivity contribution in [2.75, 3.05) is 7.11 Å². The number of esters is 1. The number of carbonyl (C=O) groups is 2. The van der Waals surface area contributed by atoms with Crippen LogP contribution < -0.4 is 5.32 Å². The molecule has 1 unspecified atom stereocenters. The smallest absolute Gasteiger partial charge is 0.307 e. The molecule has 0 bridgehead atoms. The predicted molar refractivity (Wildman–Crippen MR) is 132 cm³/mol. The zero-order chi connectivity index (χ0) is 24.8. The lowest BCUT2D eigenvalue weighted by molar-refractivity contribution is -0.141. The molecule has 0 aliphatic carbocycles. The minimum Gasteiger partial charge on any atom is -0.507 e. The maximum absolute atomic E-state index is 13.7. The second kappa shape index (κ2) is 10.7. The maximum atomic E-state index is 13.7. The van der Waals surface area contributed by atoms with E-state index < -0.39 is 23.7 Å². The number of ether oxygens (including phenoxy) is 1. The Balaban J connectivity index is 1.61. The highest BCUT2D eigenvalue weighted by molar-refractivity contribution is 5.98. The van der Waals surface area contributed by atoms with E-state index in [1.165, 1.54) is 31.4 Å². The number of hydrogen-bond donors (Lipinski definition) is 2. The van der Waals surface area contributed by atoms with Crippen molar-refractivity contribution in [3.05, 3.63) is 114 Å². The van der Waals surface area contributed by atoms with E-state index in [4.69, 9.17) is 4.74 Å². The summed E-state index contributed by atoms with van der Waals surface area (Å²) in [5.74, 6) is -1.68. The highest BCUT2D eigenvalue weighted by Crippen LogP contribution is 2.28. The van der Waals surface area contributed by atoms with Gasteiger partial charge in [0.25, 0.3) is 5.91 Å². The molecule has 2 N–H and O–H groups in total. The predicted octanol–water partition coefficient (Wildman–Crippen LogP) is 5.90. The molecule has 1 atom stereocenters. The first-order valence-corrected chi connectivity index (χ1v) is 11.1. The quantitative estimate of drug-likeness (QED) is 0.331. The summed E-state index contributed by atoms with van der Waals surface area (Å²) in [4.78, 5) is 25.2. The Morgan fingerprint density at radius 1 is 0.829 bits per heavy atom. The first-order chi connectivity index (χ1) is 16.9. The van der Waals surface area contributed by atoms with E-state index in [1.807, 2.05) is 54.6 Å². The number of phenolic OH excluding ortho intramolecular Hbond substituents is 1. The Bertz CT molecular complexity index is 1340. The third-order valence-electron chi connectivity index (χ3n) is 5.72. The molecule has 4 aromatic rings. The van der Waals surface area contributed by atoms with Crippen LogP contribution in [-0.4, -0.2) is 24.1 Å². The Kier molecular flexibility index (Phi) is 7.21. The fraction of sp³-hybridized carbons (Fsp3) is 0.103. The van der Waals surface area contributed by atoms with Crippen LogP contribution in [0.15, 0.2) is 97.1 Å². The third-order valence-corrected chi connectivity index (χ3v) is 5.72. The average molecular weight is 470 g/mol. The number of carbonyl (C=O) groups excluding carboxylic acids is 2. The number of halogens is 1. The Hall–Kier alpha value is -4.45. The summed E-state index contributed by atoms with van der Waals surface area (Å²) in [5, 5.41) is 13.2. The molecular weight excluding hydrogens is 445 g/mol. The van der Waals surface area contributed by atoms with E-state index in [0.29, 0.717) is 16.7 Å². The van der Waals surface area contributed by atoms with Crippen LogP contribution in [0.4, 0.5) is 4.39 Å². The molecule has 0 radical (unpaired) electrons. The number of benzene rings is 4. The number of nitrogens with one attached hydrogen (secondary N) is 1. The Morgan fingerprint density at radius 2 is 1.46 bits per heavy atom. The van der Waals surface area contributed by atoms with Gasteiger partial charge in [0.1, 0.15) is 11.6 Å². The minimum absolute atomic E-state index is 0.0162. The van der Waals surface area contributed by atoms with Crippen molar-refractivity contribution >= 4 is 11.9 Å². The van der Waals surface area contributed by atoms with Crippen molar-refractivity contribution in [3.63, 3.8) is 0 Å². The largest absolute Gasteiger partial charge is 0.507 e. The fourth-order valence-electron chi connectivity index (χ4n) is 3.84. The van der Waals surface area contributed by atoms with E-state index in [0.717, 1.165) is 11.1 Å². The molecule has 1 amide bonds. The van der Waals surface area contributed by atoms with Gasteiger partial charge in [0.2, 0.25) is 0 Å². The summed E-state index contributed by atoms with van der Waals surface area (Å²) >= 11 is 0. The average Bonchev–Trinajstić information content (AvgIpc) is 2.89. The number of methoxy groups -OCH3 is 1. The molecule has 0 aromatic heterocycles. The summed E-state index contributed by atoms with van der Waals surface area (Å²) in [6.45, 7) is 0. The Morgan fingerprint density at radius 3 is 2.14 bits per heavy atom. The molecule has 0 saturated heterocycles. The summed E-state index contributed by atoms with van der Waals surface area (Å²) in [6, 6.07) is 27.1. The molecule has 6 heteroatoms. The molecule has 35 heavy (non-hydrogen) atoms. The number of rotatable bonds is 7. The summed E-state index contributed by atoms with van der Waals surface area (Å²) in [7, 11) is 1.29. The zero-order valence-electron chi connectivity index (χ0n) is 19.1. The van der Waals surface area contributed by atoms with Gasteiger partial charge in [-0.2, -0.15) is 0 Å². The van der Waals surface area contributed by atoms with Crippen LogP contribution >= 0.6 is 0 Å². The van der Waals surface area contributed by atoms with Crippen LogP contribution in [0.3, 0.4) is 0 Å². The molecular formula is C29H24FNO4. The van der Waals surface area contributed by atoms with E-state index in [-0.39, 0.29) is 17.7 Å². The van der Waals surface area contributed by atoms with Gasteiger partial charge in [0, 0.05) is 0 Å². The van der Waals surface area contributed by atoms with Crippen LogP contribution in [0.2, 0.25) is 0 Å². The fourth-order valence-corrected chi connectivity index (χ4v) is 3.84. The van der Waals surface area contributed by atoms with Crippen molar-refractivity contribution in [2.45, 2.75) is 12.5 Å². The number of amides is 1. The van der Waals surface area contributed by atoms with Crippen LogP contribution in [-0.2, 0) is 9.53 Å². The van der Waals surface area contributed by atoms with Gasteiger partial charge in [0.15, 0.2) is 0 Å². The number of phenols is 1. The van der Waals surface area contributed by atoms with Crippen molar-refractivity contribution in [1.29, 1.82) is 0 Å². The van der Waals surface area contributed by atoms with E-state index in [9.17, 15) is 19.1 Å². The lowest BCUT2D eigenvalue weighted by atomic mass is 9.98. The molecule has 0 saturated carbocycles. The van der Waals surface area contributed by atoms with Crippen LogP contribution in [0, 0.1) is 5.82 Å². The second-order valence-electron chi connectivity index (χ2n) is 8.04. The molecule has 0 aliphatic rings. The van der Waals surface area contributed by atoms with Gasteiger partial charge in [-0.1, -0.05) is 72.8 Å². The number of hydrogen-bond acceptors (Lipinski definition) is 4. The molecule has 4 rings (SSSR count). The van der Waals surface area contributed by atoms with Crippen LogP contribution in [0.25, 0.3) is 22.3 Å². The van der Waals surface area contributed by atoms with E-state index in [1.54, 1.807) is 18.2 Å². The monoisotopic (exact) mass is 469 g/mol. The second-order valence-corrected chi connectivity index (χ2v) is 8.04. The lowest BCUT2D eigenvalue weighted by Crippen LogP contribution is -2.30. The zero-order valence-corrected chi connectivity index (χ0v) is 19.1. The van der Waals surface area contributed by atoms with E-state index >= 15 is 0 Å². The van der Waals surface area contributed by atoms with Crippen molar-refractivity contribution < 1.29 is 23.8 Å². The first-order valence-electron chi connectivity index (χ1n) is 11.1. The lowest BCUT2D eigenvalue weighted by Gasteiger charge is -2.19. The van der Waals surface area contributed by atoms with Gasteiger partial charge in [-0.3, -0.25) is 9.59 Å². The maximum Gasteiger partial charge on any atom is 0.307 e. The van der Waals surface area contributed by atoms with E-state index in [2.05, 4.69) is 5.32 Å². The molecule has 0 fully saturated rings. The minimum atomic E-state index is -0.683. The standard InChI is InChI=1S/C29H24FNO4/c1-35-28(33)18-26(21-12-10-20(11-13-21)19-6-3-2-4-7-19)31-29(34)25-17-23(14-15-27(25)32)22-8-5-9-24(30)16-22/h2-17,26,32H,18H2,1H3,(H,31,34). The van der Waals surface area contributed by atoms with Gasteiger partial charge in [-0.05, 0) is 52.1 Å². The van der Waals surface area contributed by atoms with Gasteiger partial charge in [-0.25, -0.2) is 4.39 Å². The number of aromatic hydroxyl groups is 1. The molecule has 4 aromatic carbocycles. The van der Waals surface area contributed by atoms with Crippen LogP contribution in [0.1, 0.15) is 28.4 Å². The molecule has 0 heterocycles. The molecule has 0 aliphatic heterocycles. The molecule has 5 nitrogen and oxygen atoms in total. The summed E-state index contributed by atoms with van der Waals surface area (Å²) in [5.41, 5.74) is 3.92. The van der Waals surface area contributed by atoms with Crippen molar-refractivity contribution in [1.82, 2.24) is 5.32 Å². The van der Waals surface area contributed by atoms with Gasteiger partial charge >= 0.3 is 5.97 Å². The molecule has 176 valence electrons. The summed E-state index contributed by atoms with van der Waals surface area (Å²) in [6.07, 6.45) is -0.0860. The molecule has 0 spiro atoms. The van der Waals surface area contributed by atoms with Gasteiger partial charge in [-0.15, -0.1) is 0 Å². The first kappa shape index (κ1) is 23.7. The van der Waals surface area contributed by atoms with Gasteiger partial charge < -0.3 is 15.2 Å².